The van der Waals surface area contributed by atoms with E-state index in [1.54, 1.807) is 13.8 Å². The van der Waals surface area contributed by atoms with Crippen LogP contribution in [0.3, 0.4) is 0 Å². The number of allylic oxidation sites excluding steroid dienone is 1. The van der Waals surface area contributed by atoms with Gasteiger partial charge in [-0.3, -0.25) is 4.79 Å². The Kier molecular flexibility index (Phi) is 3.93. The van der Waals surface area contributed by atoms with Gasteiger partial charge in [-0.15, -0.1) is 0 Å². The van der Waals surface area contributed by atoms with Crippen LogP contribution >= 0.6 is 0 Å². The summed E-state index contributed by atoms with van der Waals surface area (Å²) < 4.78 is 37.5. The summed E-state index contributed by atoms with van der Waals surface area (Å²) in [6.07, 6.45) is -3.02. The molecule has 0 bridgehead atoms. The van der Waals surface area contributed by atoms with Crippen molar-refractivity contribution in [3.8, 4) is 0 Å². The molecule has 0 aliphatic carbocycles. The molecule has 1 aromatic carbocycles. The molecule has 1 rings (SSSR count). The highest BCUT2D eigenvalue weighted by atomic mass is 19.3. The first-order valence-electron chi connectivity index (χ1n) is 4.89. The van der Waals surface area contributed by atoms with Crippen molar-refractivity contribution in [2.24, 2.45) is 5.73 Å². The zero-order valence-electron chi connectivity index (χ0n) is 9.43. The van der Waals surface area contributed by atoms with Crippen LogP contribution in [-0.2, 0) is 0 Å². The number of rotatable bonds is 3. The van der Waals surface area contributed by atoms with Gasteiger partial charge in [0, 0.05) is 5.56 Å². The molecule has 0 aliphatic heterocycles. The van der Waals surface area contributed by atoms with Gasteiger partial charge in [-0.05, 0) is 36.6 Å². The summed E-state index contributed by atoms with van der Waals surface area (Å²) in [5.74, 6) is -0.639. The van der Waals surface area contributed by atoms with Gasteiger partial charge in [0.1, 0.15) is 0 Å². The van der Waals surface area contributed by atoms with Gasteiger partial charge in [-0.1, -0.05) is 6.07 Å². The van der Waals surface area contributed by atoms with Crippen LogP contribution < -0.4 is 5.73 Å². The highest BCUT2D eigenvalue weighted by molar-refractivity contribution is 5.95. The minimum absolute atomic E-state index is 0.0880. The smallest absolute Gasteiger partial charge is 0.266 e. The second kappa shape index (κ2) is 5.03. The van der Waals surface area contributed by atoms with Gasteiger partial charge >= 0.3 is 0 Å². The number of alkyl halides is 2. The van der Waals surface area contributed by atoms with E-state index in [1.165, 1.54) is 12.1 Å². The van der Waals surface area contributed by atoms with E-state index in [2.05, 4.69) is 0 Å². The minimum Gasteiger partial charge on any atom is -0.366 e. The first kappa shape index (κ1) is 13.3. The van der Waals surface area contributed by atoms with Crippen LogP contribution in [0.25, 0.3) is 5.57 Å². The van der Waals surface area contributed by atoms with Crippen LogP contribution in [0.4, 0.5) is 13.2 Å². The highest BCUT2D eigenvalue weighted by Gasteiger charge is 2.18. The minimum atomic E-state index is -2.91. The predicted octanol–water partition coefficient (Wildman–Crippen LogP) is 2.98. The highest BCUT2D eigenvalue weighted by Crippen LogP contribution is 2.28. The summed E-state index contributed by atoms with van der Waals surface area (Å²) in [6, 6.07) is 2.60. The van der Waals surface area contributed by atoms with Crippen molar-refractivity contribution in [2.45, 2.75) is 20.3 Å². The first-order valence-corrected chi connectivity index (χ1v) is 4.89. The molecule has 92 valence electrons. The number of primary amides is 1. The molecular weight excluding hydrogens is 231 g/mol. The van der Waals surface area contributed by atoms with E-state index in [1.807, 2.05) is 0 Å². The van der Waals surface area contributed by atoms with Gasteiger partial charge in [0.2, 0.25) is 5.91 Å². The molecule has 0 aliphatic rings. The number of nitrogens with two attached hydrogens (primary N) is 1. The lowest BCUT2D eigenvalue weighted by atomic mass is 9.94. The van der Waals surface area contributed by atoms with Crippen molar-refractivity contribution in [1.29, 1.82) is 0 Å². The molecule has 0 atom stereocenters. The maximum absolute atomic E-state index is 12.6. The fourth-order valence-electron chi connectivity index (χ4n) is 1.62. The standard InChI is InChI=1S/C12H12F3NO/c1-6-7(2)9(12(16)17)4-3-8(6)10(5-13)11(14)15/h3-5,11H,1-2H3,(H2,16,17). The lowest BCUT2D eigenvalue weighted by Gasteiger charge is -2.13. The molecule has 2 N–H and O–H groups in total. The third-order valence-corrected chi connectivity index (χ3v) is 2.72. The number of benzene rings is 1. The molecule has 0 saturated heterocycles. The Hall–Kier alpha value is -1.78. The zero-order valence-corrected chi connectivity index (χ0v) is 9.43. The van der Waals surface area contributed by atoms with E-state index in [9.17, 15) is 18.0 Å². The lowest BCUT2D eigenvalue weighted by molar-refractivity contribution is 0.0999. The van der Waals surface area contributed by atoms with Crippen LogP contribution in [0.5, 0.6) is 0 Å². The number of carbonyl (C=O) groups excluding carboxylic acids is 1. The molecule has 2 nitrogen and oxygen atoms in total. The second-order valence-electron chi connectivity index (χ2n) is 3.64. The molecule has 0 spiro atoms. The maximum atomic E-state index is 12.6. The molecule has 0 radical (unpaired) electrons. The lowest BCUT2D eigenvalue weighted by Crippen LogP contribution is -2.14. The molecule has 17 heavy (non-hydrogen) atoms. The van der Waals surface area contributed by atoms with Crippen molar-refractivity contribution in [3.05, 3.63) is 40.7 Å². The van der Waals surface area contributed by atoms with Gasteiger partial charge < -0.3 is 5.73 Å². The van der Waals surface area contributed by atoms with Crippen LogP contribution in [0.15, 0.2) is 18.5 Å². The summed E-state index contributed by atoms with van der Waals surface area (Å²) >= 11 is 0. The molecule has 0 fully saturated rings. The van der Waals surface area contributed by atoms with Gasteiger partial charge in [-0.25, -0.2) is 13.2 Å². The van der Waals surface area contributed by atoms with Gasteiger partial charge in [0.25, 0.3) is 6.43 Å². The van der Waals surface area contributed by atoms with Gasteiger partial charge in [-0.2, -0.15) is 0 Å². The van der Waals surface area contributed by atoms with E-state index in [-0.39, 0.29) is 17.5 Å². The zero-order chi connectivity index (χ0) is 13.2. The predicted molar refractivity (Wildman–Crippen MR) is 59.5 cm³/mol. The van der Waals surface area contributed by atoms with Gasteiger partial charge in [0.15, 0.2) is 0 Å². The van der Waals surface area contributed by atoms with E-state index in [0.29, 0.717) is 11.1 Å². The third kappa shape index (κ3) is 2.49. The average molecular weight is 243 g/mol. The topological polar surface area (TPSA) is 43.1 Å². The molecule has 0 unspecified atom stereocenters. The Balaban J connectivity index is 3.40. The fourth-order valence-corrected chi connectivity index (χ4v) is 1.62. The van der Waals surface area contributed by atoms with Gasteiger partial charge in [0.05, 0.1) is 11.9 Å². The van der Waals surface area contributed by atoms with Crippen LogP contribution in [0.1, 0.15) is 27.0 Å². The summed E-state index contributed by atoms with van der Waals surface area (Å²) in [4.78, 5) is 11.0. The van der Waals surface area contributed by atoms with Crippen molar-refractivity contribution in [3.63, 3.8) is 0 Å². The monoisotopic (exact) mass is 243 g/mol. The molecule has 0 saturated carbocycles. The van der Waals surface area contributed by atoms with Crippen molar-refractivity contribution in [2.75, 3.05) is 0 Å². The maximum Gasteiger partial charge on any atom is 0.266 e. The summed E-state index contributed by atoms with van der Waals surface area (Å²) in [6.45, 7) is 3.13. The first-order chi connectivity index (χ1) is 7.90. The summed E-state index contributed by atoms with van der Waals surface area (Å²) in [5, 5.41) is 0. The van der Waals surface area contributed by atoms with E-state index in [4.69, 9.17) is 5.73 Å². The molecule has 1 amide bonds. The van der Waals surface area contributed by atoms with E-state index < -0.39 is 17.9 Å². The van der Waals surface area contributed by atoms with Crippen molar-refractivity contribution in [1.82, 2.24) is 0 Å². The van der Waals surface area contributed by atoms with Crippen LogP contribution in [0, 0.1) is 13.8 Å². The largest absolute Gasteiger partial charge is 0.366 e. The van der Waals surface area contributed by atoms with Crippen LogP contribution in [0.2, 0.25) is 0 Å². The normalized spacial score (nSPS) is 12.0. The van der Waals surface area contributed by atoms with Crippen LogP contribution in [-0.4, -0.2) is 12.3 Å². The Bertz CT molecular complexity index is 481. The molecular formula is C12H12F3NO. The van der Waals surface area contributed by atoms with E-state index >= 15 is 0 Å². The Morgan fingerprint density at radius 2 is 1.71 bits per heavy atom. The quantitative estimate of drug-likeness (QED) is 0.871. The second-order valence-corrected chi connectivity index (χ2v) is 3.64. The Morgan fingerprint density at radius 3 is 2.12 bits per heavy atom. The Morgan fingerprint density at radius 1 is 1.24 bits per heavy atom. The molecule has 1 aromatic rings. The fraction of sp³-hybridized carbons (Fsp3) is 0.250. The Labute approximate surface area is 96.9 Å². The SMILES string of the molecule is Cc1c(C(N)=O)ccc(C(=CF)C(F)F)c1C. The summed E-state index contributed by atoms with van der Waals surface area (Å²) in [5.41, 5.74) is 5.67. The molecule has 5 heteroatoms. The van der Waals surface area contributed by atoms with E-state index in [0.717, 1.165) is 0 Å². The number of carbonyl (C=O) groups is 1. The third-order valence-electron chi connectivity index (χ3n) is 2.72. The molecule has 0 aromatic heterocycles. The van der Waals surface area contributed by atoms with Crippen molar-refractivity contribution >= 4 is 11.5 Å². The van der Waals surface area contributed by atoms with Crippen molar-refractivity contribution < 1.29 is 18.0 Å². The number of hydrogen-bond donors (Lipinski definition) is 1. The number of halogens is 3. The number of hydrogen-bond acceptors (Lipinski definition) is 1. The molecule has 0 heterocycles. The number of amides is 1. The average Bonchev–Trinajstić information content (AvgIpc) is 2.24. The summed E-state index contributed by atoms with van der Waals surface area (Å²) in [7, 11) is 0.